The highest BCUT2D eigenvalue weighted by Gasteiger charge is 2.01. The van der Waals surface area contributed by atoms with Crippen molar-refractivity contribution in [1.29, 1.82) is 0 Å². The Morgan fingerprint density at radius 3 is 2.44 bits per heavy atom. The summed E-state index contributed by atoms with van der Waals surface area (Å²) >= 11 is 0. The van der Waals surface area contributed by atoms with Gasteiger partial charge in [-0.15, -0.1) is 0 Å². The van der Waals surface area contributed by atoms with Gasteiger partial charge in [0.05, 0.1) is 0 Å². The van der Waals surface area contributed by atoms with Crippen LogP contribution in [0.2, 0.25) is 0 Å². The summed E-state index contributed by atoms with van der Waals surface area (Å²) in [5.41, 5.74) is 4.76. The van der Waals surface area contributed by atoms with Gasteiger partial charge < -0.3 is 0 Å². The van der Waals surface area contributed by atoms with Crippen molar-refractivity contribution in [3.05, 3.63) is 35.4 Å². The van der Waals surface area contributed by atoms with Gasteiger partial charge in [0.2, 0.25) is 5.91 Å². The van der Waals surface area contributed by atoms with Gasteiger partial charge in [-0.05, 0) is 29.9 Å². The molecule has 0 aliphatic rings. The second kappa shape index (κ2) is 6.28. The highest BCUT2D eigenvalue weighted by molar-refractivity contribution is 5.75. The lowest BCUT2D eigenvalue weighted by molar-refractivity contribution is -0.121. The first-order chi connectivity index (χ1) is 7.63. The van der Waals surface area contributed by atoms with E-state index in [2.05, 4.69) is 43.5 Å². The van der Waals surface area contributed by atoms with E-state index in [1.807, 2.05) is 0 Å². The number of carbonyl (C=O) groups excluding carboxylic acids is 1. The summed E-state index contributed by atoms with van der Waals surface area (Å²) in [4.78, 5) is 10.9. The third-order valence-electron chi connectivity index (χ3n) is 2.68. The SMILES string of the molecule is CC(C)c1ccc(CCCC(=O)NN)cc1. The van der Waals surface area contributed by atoms with Crippen molar-refractivity contribution in [2.45, 2.75) is 39.0 Å². The lowest BCUT2D eigenvalue weighted by atomic mass is 10.00. The van der Waals surface area contributed by atoms with Crippen LogP contribution in [0.5, 0.6) is 0 Å². The molecule has 0 bridgehead atoms. The van der Waals surface area contributed by atoms with E-state index < -0.39 is 0 Å². The fraction of sp³-hybridized carbons (Fsp3) is 0.462. The first kappa shape index (κ1) is 12.7. The summed E-state index contributed by atoms with van der Waals surface area (Å²) in [5, 5.41) is 0. The molecule has 1 aromatic carbocycles. The second-order valence-electron chi connectivity index (χ2n) is 4.32. The number of benzene rings is 1. The van der Waals surface area contributed by atoms with Crippen LogP contribution in [-0.4, -0.2) is 5.91 Å². The van der Waals surface area contributed by atoms with Crippen LogP contribution >= 0.6 is 0 Å². The molecule has 88 valence electrons. The average Bonchev–Trinajstić information content (AvgIpc) is 2.29. The maximum Gasteiger partial charge on any atom is 0.233 e. The number of rotatable bonds is 5. The van der Waals surface area contributed by atoms with Crippen molar-refractivity contribution < 1.29 is 4.79 Å². The Hall–Kier alpha value is -1.35. The minimum atomic E-state index is -0.0983. The van der Waals surface area contributed by atoms with E-state index in [1.54, 1.807) is 0 Å². The molecular formula is C13H20N2O. The zero-order valence-corrected chi connectivity index (χ0v) is 9.99. The van der Waals surface area contributed by atoms with Crippen molar-refractivity contribution in [3.63, 3.8) is 0 Å². The Morgan fingerprint density at radius 2 is 1.94 bits per heavy atom. The summed E-state index contributed by atoms with van der Waals surface area (Å²) in [5.74, 6) is 5.47. The molecule has 0 aliphatic carbocycles. The Balaban J connectivity index is 2.40. The van der Waals surface area contributed by atoms with E-state index >= 15 is 0 Å². The summed E-state index contributed by atoms with van der Waals surface area (Å²) in [6.07, 6.45) is 2.25. The van der Waals surface area contributed by atoms with Crippen LogP contribution in [0.3, 0.4) is 0 Å². The molecule has 0 unspecified atom stereocenters. The second-order valence-corrected chi connectivity index (χ2v) is 4.32. The molecule has 0 fully saturated rings. The minimum absolute atomic E-state index is 0.0983. The number of carbonyl (C=O) groups is 1. The molecule has 3 N–H and O–H groups in total. The van der Waals surface area contributed by atoms with Crippen molar-refractivity contribution >= 4 is 5.91 Å². The van der Waals surface area contributed by atoms with E-state index in [-0.39, 0.29) is 5.91 Å². The van der Waals surface area contributed by atoms with Gasteiger partial charge in [-0.3, -0.25) is 10.2 Å². The lowest BCUT2D eigenvalue weighted by Crippen LogP contribution is -2.29. The summed E-state index contributed by atoms with van der Waals surface area (Å²) in [6, 6.07) is 8.58. The smallest absolute Gasteiger partial charge is 0.233 e. The highest BCUT2D eigenvalue weighted by Crippen LogP contribution is 2.15. The van der Waals surface area contributed by atoms with Crippen LogP contribution in [0.1, 0.15) is 43.7 Å². The maximum atomic E-state index is 10.9. The van der Waals surface area contributed by atoms with E-state index in [0.717, 1.165) is 12.8 Å². The number of aryl methyl sites for hydroxylation is 1. The van der Waals surface area contributed by atoms with E-state index in [0.29, 0.717) is 12.3 Å². The van der Waals surface area contributed by atoms with Gasteiger partial charge >= 0.3 is 0 Å². The molecule has 0 atom stereocenters. The fourth-order valence-electron chi connectivity index (χ4n) is 1.59. The van der Waals surface area contributed by atoms with Crippen LogP contribution in [-0.2, 0) is 11.2 Å². The Kier molecular flexibility index (Phi) is 4.99. The zero-order chi connectivity index (χ0) is 12.0. The molecule has 3 heteroatoms. The van der Waals surface area contributed by atoms with Crippen LogP contribution in [0.15, 0.2) is 24.3 Å². The van der Waals surface area contributed by atoms with Gasteiger partial charge in [-0.2, -0.15) is 0 Å². The van der Waals surface area contributed by atoms with Crippen molar-refractivity contribution in [2.75, 3.05) is 0 Å². The molecule has 16 heavy (non-hydrogen) atoms. The molecule has 1 aromatic rings. The van der Waals surface area contributed by atoms with Gasteiger partial charge in [0, 0.05) is 6.42 Å². The number of hydrogen-bond acceptors (Lipinski definition) is 2. The lowest BCUT2D eigenvalue weighted by Gasteiger charge is -2.06. The zero-order valence-electron chi connectivity index (χ0n) is 9.99. The molecule has 0 saturated heterocycles. The normalized spacial score (nSPS) is 10.5. The molecule has 0 spiro atoms. The fourth-order valence-corrected chi connectivity index (χ4v) is 1.59. The number of nitrogens with one attached hydrogen (secondary N) is 1. The predicted molar refractivity (Wildman–Crippen MR) is 65.8 cm³/mol. The first-order valence-electron chi connectivity index (χ1n) is 5.71. The van der Waals surface area contributed by atoms with Crippen molar-refractivity contribution in [2.24, 2.45) is 5.84 Å². The largest absolute Gasteiger partial charge is 0.294 e. The number of amides is 1. The third kappa shape index (κ3) is 4.03. The standard InChI is InChI=1S/C13H20N2O/c1-10(2)12-8-6-11(7-9-12)4-3-5-13(16)15-14/h6-10H,3-5,14H2,1-2H3,(H,15,16). The van der Waals surface area contributed by atoms with Crippen LogP contribution in [0, 0.1) is 0 Å². The first-order valence-corrected chi connectivity index (χ1v) is 5.71. The predicted octanol–water partition coefficient (Wildman–Crippen LogP) is 2.12. The molecule has 0 aliphatic heterocycles. The molecule has 0 heterocycles. The number of hydrazine groups is 1. The molecule has 0 aromatic heterocycles. The topological polar surface area (TPSA) is 55.1 Å². The van der Waals surface area contributed by atoms with Crippen LogP contribution in [0.25, 0.3) is 0 Å². The Bertz CT molecular complexity index is 330. The van der Waals surface area contributed by atoms with Gasteiger partial charge in [-0.1, -0.05) is 38.1 Å². The van der Waals surface area contributed by atoms with E-state index in [1.165, 1.54) is 11.1 Å². The van der Waals surface area contributed by atoms with Gasteiger partial charge in [0.15, 0.2) is 0 Å². The van der Waals surface area contributed by atoms with Crippen LogP contribution in [0.4, 0.5) is 0 Å². The average molecular weight is 220 g/mol. The van der Waals surface area contributed by atoms with Crippen molar-refractivity contribution in [3.8, 4) is 0 Å². The maximum absolute atomic E-state index is 10.9. The molecule has 0 radical (unpaired) electrons. The molecule has 1 rings (SSSR count). The number of hydrogen-bond donors (Lipinski definition) is 2. The molecular weight excluding hydrogens is 200 g/mol. The minimum Gasteiger partial charge on any atom is -0.294 e. The molecule has 1 amide bonds. The van der Waals surface area contributed by atoms with Gasteiger partial charge in [0.1, 0.15) is 0 Å². The summed E-state index contributed by atoms with van der Waals surface area (Å²) in [6.45, 7) is 4.36. The van der Waals surface area contributed by atoms with Gasteiger partial charge in [-0.25, -0.2) is 5.84 Å². The quantitative estimate of drug-likeness (QED) is 0.453. The van der Waals surface area contributed by atoms with E-state index in [4.69, 9.17) is 5.84 Å². The highest BCUT2D eigenvalue weighted by atomic mass is 16.2. The van der Waals surface area contributed by atoms with Crippen molar-refractivity contribution in [1.82, 2.24) is 5.43 Å². The summed E-state index contributed by atoms with van der Waals surface area (Å²) < 4.78 is 0. The third-order valence-corrected chi connectivity index (χ3v) is 2.68. The number of nitrogens with two attached hydrogens (primary N) is 1. The monoisotopic (exact) mass is 220 g/mol. The van der Waals surface area contributed by atoms with E-state index in [9.17, 15) is 4.79 Å². The summed E-state index contributed by atoms with van der Waals surface area (Å²) in [7, 11) is 0. The Morgan fingerprint density at radius 1 is 1.31 bits per heavy atom. The Labute approximate surface area is 97.0 Å². The molecule has 0 saturated carbocycles. The van der Waals surface area contributed by atoms with Gasteiger partial charge in [0.25, 0.3) is 0 Å². The molecule has 3 nitrogen and oxygen atoms in total. The van der Waals surface area contributed by atoms with Crippen LogP contribution < -0.4 is 11.3 Å².